The van der Waals surface area contributed by atoms with Gasteiger partial charge in [-0.05, 0) is 49.7 Å². The summed E-state index contributed by atoms with van der Waals surface area (Å²) in [6.07, 6.45) is 8.61. The van der Waals surface area contributed by atoms with Gasteiger partial charge in [0.2, 0.25) is 0 Å². The molecule has 0 heterocycles. The summed E-state index contributed by atoms with van der Waals surface area (Å²) in [5, 5.41) is 17.5. The molecule has 1 rings (SSSR count). The van der Waals surface area contributed by atoms with Crippen molar-refractivity contribution in [3.63, 3.8) is 0 Å². The van der Waals surface area contributed by atoms with E-state index in [9.17, 15) is 0 Å². The number of aliphatic hydroxyl groups excluding tert-OH is 2. The van der Waals surface area contributed by atoms with E-state index in [0.717, 1.165) is 51.4 Å². The smallest absolute Gasteiger partial charge is 0.0431 e. The second kappa shape index (κ2) is 10.1. The second-order valence-electron chi connectivity index (χ2n) is 4.84. The molecular weight excluding hydrogens is 224 g/mol. The van der Waals surface area contributed by atoms with Crippen molar-refractivity contribution in [2.75, 3.05) is 13.2 Å². The van der Waals surface area contributed by atoms with Crippen LogP contribution in [0.5, 0.6) is 0 Å². The number of hydrogen-bond acceptors (Lipinski definition) is 2. The van der Waals surface area contributed by atoms with Crippen molar-refractivity contribution < 1.29 is 10.2 Å². The van der Waals surface area contributed by atoms with Crippen LogP contribution >= 0.6 is 0 Å². The fourth-order valence-corrected chi connectivity index (χ4v) is 2.25. The van der Waals surface area contributed by atoms with Gasteiger partial charge in [-0.15, -0.1) is 0 Å². The third kappa shape index (κ3) is 6.18. The number of aliphatic hydroxyl groups is 2. The standard InChI is InChI=1S/C16H26O2/c17-13-7-1-3-9-15-11-5-6-12-16(15)10-4-2-8-14-18/h5-6,11-12,17-18H,1-4,7-10,13-14H2. The molecule has 0 aromatic heterocycles. The molecule has 0 spiro atoms. The predicted octanol–water partition coefficient (Wildman–Crippen LogP) is 3.10. The van der Waals surface area contributed by atoms with E-state index in [0.29, 0.717) is 13.2 Å². The van der Waals surface area contributed by atoms with Crippen LogP contribution in [0, 0.1) is 0 Å². The highest BCUT2D eigenvalue weighted by Crippen LogP contribution is 2.15. The van der Waals surface area contributed by atoms with E-state index >= 15 is 0 Å². The topological polar surface area (TPSA) is 40.5 Å². The van der Waals surface area contributed by atoms with Crippen LogP contribution < -0.4 is 0 Å². The molecule has 0 radical (unpaired) electrons. The fourth-order valence-electron chi connectivity index (χ4n) is 2.25. The maximum Gasteiger partial charge on any atom is 0.0431 e. The van der Waals surface area contributed by atoms with E-state index in [4.69, 9.17) is 10.2 Å². The van der Waals surface area contributed by atoms with Gasteiger partial charge in [-0.3, -0.25) is 0 Å². The highest BCUT2D eigenvalue weighted by molar-refractivity contribution is 5.27. The van der Waals surface area contributed by atoms with Crippen LogP contribution in [0.15, 0.2) is 24.3 Å². The van der Waals surface area contributed by atoms with Crippen molar-refractivity contribution in [3.05, 3.63) is 35.4 Å². The number of benzene rings is 1. The molecule has 2 heteroatoms. The van der Waals surface area contributed by atoms with E-state index in [1.807, 2.05) is 0 Å². The molecule has 0 bridgehead atoms. The van der Waals surface area contributed by atoms with Crippen molar-refractivity contribution in [1.29, 1.82) is 0 Å². The third-order valence-electron chi connectivity index (χ3n) is 3.33. The molecule has 0 fully saturated rings. The minimum Gasteiger partial charge on any atom is -0.396 e. The number of unbranched alkanes of at least 4 members (excludes halogenated alkanes) is 4. The lowest BCUT2D eigenvalue weighted by molar-refractivity contribution is 0.282. The summed E-state index contributed by atoms with van der Waals surface area (Å²) in [6, 6.07) is 8.66. The zero-order valence-corrected chi connectivity index (χ0v) is 11.3. The van der Waals surface area contributed by atoms with Crippen molar-refractivity contribution in [1.82, 2.24) is 0 Å². The van der Waals surface area contributed by atoms with Crippen LogP contribution in [0.4, 0.5) is 0 Å². The van der Waals surface area contributed by atoms with Gasteiger partial charge in [-0.2, -0.15) is 0 Å². The number of rotatable bonds is 10. The Morgan fingerprint density at radius 2 is 1.06 bits per heavy atom. The Labute approximate surface area is 111 Å². The molecule has 0 aliphatic carbocycles. The van der Waals surface area contributed by atoms with Gasteiger partial charge in [0.25, 0.3) is 0 Å². The van der Waals surface area contributed by atoms with Gasteiger partial charge in [0.05, 0.1) is 0 Å². The molecule has 2 nitrogen and oxygen atoms in total. The van der Waals surface area contributed by atoms with Crippen LogP contribution in [-0.4, -0.2) is 23.4 Å². The van der Waals surface area contributed by atoms with E-state index in [-0.39, 0.29) is 0 Å². The van der Waals surface area contributed by atoms with Crippen LogP contribution in [0.3, 0.4) is 0 Å². The summed E-state index contributed by atoms with van der Waals surface area (Å²) in [4.78, 5) is 0. The largest absolute Gasteiger partial charge is 0.396 e. The van der Waals surface area contributed by atoms with Crippen molar-refractivity contribution >= 4 is 0 Å². The van der Waals surface area contributed by atoms with Gasteiger partial charge in [0.15, 0.2) is 0 Å². The van der Waals surface area contributed by atoms with Gasteiger partial charge < -0.3 is 10.2 Å². The molecule has 1 aromatic rings. The van der Waals surface area contributed by atoms with Crippen molar-refractivity contribution in [2.24, 2.45) is 0 Å². The lowest BCUT2D eigenvalue weighted by Crippen LogP contribution is -1.96. The highest BCUT2D eigenvalue weighted by atomic mass is 16.3. The summed E-state index contributed by atoms with van der Waals surface area (Å²) < 4.78 is 0. The van der Waals surface area contributed by atoms with E-state index in [2.05, 4.69) is 24.3 Å². The lowest BCUT2D eigenvalue weighted by atomic mass is 9.97. The maximum atomic E-state index is 8.76. The van der Waals surface area contributed by atoms with Gasteiger partial charge >= 0.3 is 0 Å². The van der Waals surface area contributed by atoms with Crippen LogP contribution in [0.25, 0.3) is 0 Å². The van der Waals surface area contributed by atoms with Gasteiger partial charge in [0.1, 0.15) is 0 Å². The Kier molecular flexibility index (Phi) is 8.53. The Balaban J connectivity index is 2.36. The third-order valence-corrected chi connectivity index (χ3v) is 3.33. The van der Waals surface area contributed by atoms with Crippen molar-refractivity contribution in [2.45, 2.75) is 51.4 Å². The van der Waals surface area contributed by atoms with E-state index in [1.54, 1.807) is 0 Å². The Morgan fingerprint density at radius 3 is 1.44 bits per heavy atom. The summed E-state index contributed by atoms with van der Waals surface area (Å²) in [5.74, 6) is 0. The van der Waals surface area contributed by atoms with Gasteiger partial charge in [0, 0.05) is 13.2 Å². The summed E-state index contributed by atoms with van der Waals surface area (Å²) in [5.41, 5.74) is 2.92. The molecular formula is C16H26O2. The van der Waals surface area contributed by atoms with Gasteiger partial charge in [-0.25, -0.2) is 0 Å². The molecule has 0 saturated heterocycles. The molecule has 0 aliphatic heterocycles. The monoisotopic (exact) mass is 250 g/mol. The Hall–Kier alpha value is -0.860. The first kappa shape index (κ1) is 15.2. The molecule has 18 heavy (non-hydrogen) atoms. The van der Waals surface area contributed by atoms with E-state index in [1.165, 1.54) is 11.1 Å². The zero-order chi connectivity index (χ0) is 13.1. The molecule has 0 atom stereocenters. The summed E-state index contributed by atoms with van der Waals surface area (Å²) >= 11 is 0. The summed E-state index contributed by atoms with van der Waals surface area (Å²) in [6.45, 7) is 0.617. The van der Waals surface area contributed by atoms with Crippen LogP contribution in [-0.2, 0) is 12.8 Å². The Morgan fingerprint density at radius 1 is 0.611 bits per heavy atom. The summed E-state index contributed by atoms with van der Waals surface area (Å²) in [7, 11) is 0. The molecule has 0 aliphatic rings. The zero-order valence-electron chi connectivity index (χ0n) is 11.3. The molecule has 1 aromatic carbocycles. The molecule has 2 N–H and O–H groups in total. The molecule has 0 amide bonds. The highest BCUT2D eigenvalue weighted by Gasteiger charge is 2.01. The molecule has 0 saturated carbocycles. The van der Waals surface area contributed by atoms with Crippen LogP contribution in [0.2, 0.25) is 0 Å². The molecule has 0 unspecified atom stereocenters. The average Bonchev–Trinajstić information content (AvgIpc) is 2.41. The first-order chi connectivity index (χ1) is 8.88. The minimum atomic E-state index is 0.308. The number of hydrogen-bond donors (Lipinski definition) is 2. The number of aryl methyl sites for hydroxylation is 2. The quantitative estimate of drug-likeness (QED) is 0.626. The second-order valence-corrected chi connectivity index (χ2v) is 4.84. The lowest BCUT2D eigenvalue weighted by Gasteiger charge is -2.09. The first-order valence-corrected chi connectivity index (χ1v) is 7.17. The van der Waals surface area contributed by atoms with Gasteiger partial charge in [-0.1, -0.05) is 37.1 Å². The van der Waals surface area contributed by atoms with Crippen molar-refractivity contribution in [3.8, 4) is 0 Å². The normalized spacial score (nSPS) is 10.8. The SMILES string of the molecule is OCCCCCc1ccccc1CCCCCO. The van der Waals surface area contributed by atoms with E-state index < -0.39 is 0 Å². The maximum absolute atomic E-state index is 8.76. The Bertz CT molecular complexity index is 279. The fraction of sp³-hybridized carbons (Fsp3) is 0.625. The first-order valence-electron chi connectivity index (χ1n) is 7.17. The average molecular weight is 250 g/mol. The molecule has 102 valence electrons. The minimum absolute atomic E-state index is 0.308. The van der Waals surface area contributed by atoms with Crippen LogP contribution in [0.1, 0.15) is 49.7 Å². The predicted molar refractivity (Wildman–Crippen MR) is 75.7 cm³/mol.